The van der Waals surface area contributed by atoms with Gasteiger partial charge in [-0.1, -0.05) is 12.1 Å². The number of aromatic amines is 1. The van der Waals surface area contributed by atoms with Gasteiger partial charge in [-0.3, -0.25) is 9.59 Å². The van der Waals surface area contributed by atoms with Gasteiger partial charge >= 0.3 is 0 Å². The quantitative estimate of drug-likeness (QED) is 0.156. The van der Waals surface area contributed by atoms with E-state index < -0.39 is 17.7 Å². The van der Waals surface area contributed by atoms with E-state index in [-0.39, 0.29) is 17.9 Å². The normalized spacial score (nSPS) is 16.3. The van der Waals surface area contributed by atoms with Gasteiger partial charge in [0.2, 0.25) is 0 Å². The van der Waals surface area contributed by atoms with Gasteiger partial charge in [-0.25, -0.2) is 0 Å². The molecule has 0 aliphatic carbocycles. The summed E-state index contributed by atoms with van der Waals surface area (Å²) in [6.07, 6.45) is 2.38. The summed E-state index contributed by atoms with van der Waals surface area (Å²) in [6, 6.07) is 17.0. The molecule has 1 aliphatic rings. The number of nitrogens with one attached hydrogen (secondary N) is 1. The molecule has 2 heterocycles. The first-order chi connectivity index (χ1) is 19.9. The van der Waals surface area contributed by atoms with Crippen molar-refractivity contribution in [2.75, 3.05) is 34.5 Å². The lowest BCUT2D eigenvalue weighted by atomic mass is 9.95. The lowest BCUT2D eigenvalue weighted by molar-refractivity contribution is -0.139. The number of hydrogen-bond donors (Lipinski definition) is 2. The molecule has 4 aromatic rings. The number of aliphatic hydroxyl groups is 1. The lowest BCUT2D eigenvalue weighted by Crippen LogP contribution is -2.31. The Balaban J connectivity index is 1.56. The number of rotatable bonds is 10. The van der Waals surface area contributed by atoms with Crippen LogP contribution >= 0.6 is 0 Å². The van der Waals surface area contributed by atoms with Crippen LogP contribution in [0, 0.1) is 0 Å². The predicted octanol–water partition coefficient (Wildman–Crippen LogP) is 5.26. The van der Waals surface area contributed by atoms with Crippen LogP contribution in [-0.2, 0) is 16.0 Å². The third-order valence-electron chi connectivity index (χ3n) is 7.30. The maximum atomic E-state index is 13.5. The lowest BCUT2D eigenvalue weighted by Gasteiger charge is -2.25. The van der Waals surface area contributed by atoms with Crippen molar-refractivity contribution in [3.8, 4) is 23.0 Å². The molecule has 1 saturated heterocycles. The van der Waals surface area contributed by atoms with Gasteiger partial charge in [0.1, 0.15) is 17.3 Å². The summed E-state index contributed by atoms with van der Waals surface area (Å²) in [5.74, 6) is 0.535. The topological polar surface area (TPSA) is 110 Å². The summed E-state index contributed by atoms with van der Waals surface area (Å²) >= 11 is 0. The van der Waals surface area contributed by atoms with Crippen molar-refractivity contribution >= 4 is 28.4 Å². The van der Waals surface area contributed by atoms with E-state index in [9.17, 15) is 14.7 Å². The zero-order valence-corrected chi connectivity index (χ0v) is 23.4. The number of methoxy groups -OCH3 is 3. The molecule has 1 amide bonds. The van der Waals surface area contributed by atoms with Crippen LogP contribution in [0.2, 0.25) is 0 Å². The second kappa shape index (κ2) is 11.7. The third kappa shape index (κ3) is 5.18. The highest BCUT2D eigenvalue weighted by Crippen LogP contribution is 2.41. The van der Waals surface area contributed by atoms with E-state index in [2.05, 4.69) is 4.98 Å². The average Bonchev–Trinajstić information content (AvgIpc) is 3.52. The Kier molecular flexibility index (Phi) is 7.87. The second-order valence-electron chi connectivity index (χ2n) is 9.54. The van der Waals surface area contributed by atoms with Gasteiger partial charge < -0.3 is 33.9 Å². The molecule has 2 N–H and O–H groups in total. The molecule has 0 spiro atoms. The van der Waals surface area contributed by atoms with E-state index in [4.69, 9.17) is 18.9 Å². The number of carbonyl (C=O) groups is 2. The van der Waals surface area contributed by atoms with Gasteiger partial charge in [-0.05, 0) is 73.0 Å². The summed E-state index contributed by atoms with van der Waals surface area (Å²) in [5, 5.41) is 12.4. The van der Waals surface area contributed by atoms with Crippen LogP contribution in [0.15, 0.2) is 72.4 Å². The summed E-state index contributed by atoms with van der Waals surface area (Å²) in [6.45, 7) is 2.65. The molecule has 1 atom stereocenters. The molecule has 9 nitrogen and oxygen atoms in total. The highest BCUT2D eigenvalue weighted by Gasteiger charge is 2.46. The average molecular weight is 557 g/mol. The number of likely N-dealkylation sites (tertiary alicyclic amines) is 1. The smallest absolute Gasteiger partial charge is 0.295 e. The fourth-order valence-electron chi connectivity index (χ4n) is 5.24. The van der Waals surface area contributed by atoms with Crippen molar-refractivity contribution < 1.29 is 33.6 Å². The minimum Gasteiger partial charge on any atom is -0.507 e. The number of fused-ring (bicyclic) bond motifs is 1. The maximum Gasteiger partial charge on any atom is 0.295 e. The highest BCUT2D eigenvalue weighted by molar-refractivity contribution is 6.46. The Bertz CT molecular complexity index is 1620. The summed E-state index contributed by atoms with van der Waals surface area (Å²) in [5.41, 5.74) is 2.94. The zero-order chi connectivity index (χ0) is 29.1. The number of ether oxygens (including phenoxy) is 4. The molecular formula is C32H32N2O7. The second-order valence-corrected chi connectivity index (χ2v) is 9.54. The number of aliphatic hydroxyl groups excluding tert-OH is 1. The molecule has 9 heteroatoms. The standard InChI is InChI=1S/C32H32N2O7/c1-5-41-22-9-6-19(7-10-22)29-28(30(35)20-8-13-26(39-3)27(16-20)40-4)31(36)32(37)34(29)15-14-21-18-33-25-12-11-23(38-2)17-24(21)25/h6-13,16-18,29,33,35H,5,14-15H2,1-4H3/t29-/m0/s1. The monoisotopic (exact) mass is 556 g/mol. The van der Waals surface area contributed by atoms with E-state index in [1.807, 2.05) is 43.5 Å². The van der Waals surface area contributed by atoms with Crippen LogP contribution in [0.25, 0.3) is 16.7 Å². The van der Waals surface area contributed by atoms with Gasteiger partial charge in [0, 0.05) is 29.2 Å². The molecule has 5 rings (SSSR count). The first kappa shape index (κ1) is 27.6. The molecule has 1 aliphatic heterocycles. The Labute approximate surface area is 237 Å². The summed E-state index contributed by atoms with van der Waals surface area (Å²) in [7, 11) is 4.61. The Morgan fingerprint density at radius 1 is 0.902 bits per heavy atom. The van der Waals surface area contributed by atoms with Crippen LogP contribution < -0.4 is 18.9 Å². The van der Waals surface area contributed by atoms with Crippen molar-refractivity contribution in [1.29, 1.82) is 0 Å². The summed E-state index contributed by atoms with van der Waals surface area (Å²) in [4.78, 5) is 31.8. The fraction of sp³-hybridized carbons (Fsp3) is 0.250. The largest absolute Gasteiger partial charge is 0.507 e. The number of H-pyrrole nitrogens is 1. The molecule has 41 heavy (non-hydrogen) atoms. The van der Waals surface area contributed by atoms with E-state index in [1.54, 1.807) is 37.4 Å². The molecule has 0 unspecified atom stereocenters. The molecule has 0 saturated carbocycles. The fourth-order valence-corrected chi connectivity index (χ4v) is 5.24. The number of hydrogen-bond acceptors (Lipinski definition) is 7. The van der Waals surface area contributed by atoms with Gasteiger partial charge in [-0.15, -0.1) is 0 Å². The van der Waals surface area contributed by atoms with Crippen LogP contribution in [0.5, 0.6) is 23.0 Å². The van der Waals surface area contributed by atoms with E-state index in [0.717, 1.165) is 22.2 Å². The Hall–Kier alpha value is -4.92. The minimum absolute atomic E-state index is 0.00646. The van der Waals surface area contributed by atoms with Crippen molar-refractivity contribution in [3.05, 3.63) is 89.1 Å². The molecule has 1 aromatic heterocycles. The number of nitrogens with zero attached hydrogens (tertiary/aromatic N) is 1. The number of ketones is 1. The molecule has 0 radical (unpaired) electrons. The number of amides is 1. The van der Waals surface area contributed by atoms with Crippen molar-refractivity contribution in [2.45, 2.75) is 19.4 Å². The molecular weight excluding hydrogens is 524 g/mol. The molecule has 0 bridgehead atoms. The van der Waals surface area contributed by atoms with Crippen LogP contribution in [0.1, 0.15) is 29.7 Å². The molecule has 1 fully saturated rings. The van der Waals surface area contributed by atoms with E-state index in [0.29, 0.717) is 41.4 Å². The van der Waals surface area contributed by atoms with Gasteiger partial charge in [0.15, 0.2) is 11.5 Å². The van der Waals surface area contributed by atoms with Crippen LogP contribution in [0.4, 0.5) is 0 Å². The number of Topliss-reactive ketones (excluding diaryl/α,β-unsaturated/α-hetero) is 1. The van der Waals surface area contributed by atoms with E-state index >= 15 is 0 Å². The highest BCUT2D eigenvalue weighted by atomic mass is 16.5. The Morgan fingerprint density at radius 3 is 2.32 bits per heavy atom. The first-order valence-corrected chi connectivity index (χ1v) is 13.3. The van der Waals surface area contributed by atoms with Crippen LogP contribution in [0.3, 0.4) is 0 Å². The van der Waals surface area contributed by atoms with Gasteiger partial charge in [-0.2, -0.15) is 0 Å². The van der Waals surface area contributed by atoms with Crippen molar-refractivity contribution in [1.82, 2.24) is 9.88 Å². The van der Waals surface area contributed by atoms with Gasteiger partial charge in [0.05, 0.1) is 39.6 Å². The van der Waals surface area contributed by atoms with Crippen molar-refractivity contribution in [2.24, 2.45) is 0 Å². The van der Waals surface area contributed by atoms with E-state index in [1.165, 1.54) is 19.1 Å². The van der Waals surface area contributed by atoms with Crippen LogP contribution in [-0.4, -0.2) is 61.2 Å². The zero-order valence-electron chi connectivity index (χ0n) is 23.4. The van der Waals surface area contributed by atoms with Gasteiger partial charge in [0.25, 0.3) is 11.7 Å². The maximum absolute atomic E-state index is 13.5. The molecule has 3 aromatic carbocycles. The van der Waals surface area contributed by atoms with Crippen molar-refractivity contribution in [3.63, 3.8) is 0 Å². The SMILES string of the molecule is CCOc1ccc([C@H]2C(=C(O)c3ccc(OC)c(OC)c3)C(=O)C(=O)N2CCc2c[nH]c3ccc(OC)cc23)cc1. The third-order valence-corrected chi connectivity index (χ3v) is 7.30. The number of aromatic nitrogens is 1. The summed E-state index contributed by atoms with van der Waals surface area (Å²) < 4.78 is 21.7. The molecule has 212 valence electrons. The first-order valence-electron chi connectivity index (χ1n) is 13.3. The number of benzene rings is 3. The Morgan fingerprint density at radius 2 is 1.63 bits per heavy atom. The predicted molar refractivity (Wildman–Crippen MR) is 155 cm³/mol. The number of carbonyl (C=O) groups excluding carboxylic acids is 2. The minimum atomic E-state index is -0.807.